The summed E-state index contributed by atoms with van der Waals surface area (Å²) in [5.41, 5.74) is 1.06. The molecule has 1 aliphatic heterocycles. The number of hydrogen-bond donors (Lipinski definition) is 1. The van der Waals surface area contributed by atoms with Gasteiger partial charge in [0.2, 0.25) is 0 Å². The van der Waals surface area contributed by atoms with Crippen LogP contribution in [0.25, 0.3) is 0 Å². The van der Waals surface area contributed by atoms with Crippen LogP contribution in [0, 0.1) is 0 Å². The van der Waals surface area contributed by atoms with E-state index in [-0.39, 0.29) is 12.6 Å². The Morgan fingerprint density at radius 3 is 3.14 bits per heavy atom. The second kappa shape index (κ2) is 4.06. The predicted octanol–water partition coefficient (Wildman–Crippen LogP) is 0.247. The summed E-state index contributed by atoms with van der Waals surface area (Å²) in [5, 5.41) is 7.14. The molecule has 0 bridgehead atoms. The normalized spacial score (nSPS) is 27.0. The van der Waals surface area contributed by atoms with Gasteiger partial charge in [-0.05, 0) is 0 Å². The Labute approximate surface area is 82.1 Å². The van der Waals surface area contributed by atoms with E-state index < -0.39 is 6.17 Å². The Morgan fingerprint density at radius 1 is 1.71 bits per heavy atom. The molecule has 14 heavy (non-hydrogen) atoms. The maximum absolute atomic E-state index is 13.1. The highest BCUT2D eigenvalue weighted by Gasteiger charge is 2.27. The smallest absolute Gasteiger partial charge is 0.141 e. The third kappa shape index (κ3) is 2.10. The van der Waals surface area contributed by atoms with Gasteiger partial charge in [0.1, 0.15) is 6.17 Å². The minimum atomic E-state index is -0.883. The first kappa shape index (κ1) is 9.61. The van der Waals surface area contributed by atoms with Crippen LogP contribution in [0.4, 0.5) is 4.39 Å². The quantitative estimate of drug-likeness (QED) is 0.758. The maximum atomic E-state index is 13.1. The van der Waals surface area contributed by atoms with Crippen molar-refractivity contribution in [1.82, 2.24) is 15.1 Å². The SMILES string of the molecule is Cn1cc(CNC2COCC2F)cn1. The number of alkyl halides is 1. The minimum Gasteiger partial charge on any atom is -0.377 e. The van der Waals surface area contributed by atoms with Crippen LogP contribution in [0.2, 0.25) is 0 Å². The van der Waals surface area contributed by atoms with Gasteiger partial charge < -0.3 is 10.1 Å². The van der Waals surface area contributed by atoms with Gasteiger partial charge in [0.15, 0.2) is 0 Å². The number of nitrogens with one attached hydrogen (secondary N) is 1. The zero-order valence-electron chi connectivity index (χ0n) is 8.11. The topological polar surface area (TPSA) is 39.1 Å². The second-order valence-corrected chi connectivity index (χ2v) is 3.56. The van der Waals surface area contributed by atoms with E-state index in [1.54, 1.807) is 10.9 Å². The molecule has 1 aromatic heterocycles. The van der Waals surface area contributed by atoms with Gasteiger partial charge in [-0.15, -0.1) is 0 Å². The van der Waals surface area contributed by atoms with Gasteiger partial charge in [-0.25, -0.2) is 4.39 Å². The van der Waals surface area contributed by atoms with E-state index >= 15 is 0 Å². The molecule has 0 amide bonds. The lowest BCUT2D eigenvalue weighted by molar-refractivity contribution is 0.172. The molecule has 2 heterocycles. The van der Waals surface area contributed by atoms with Gasteiger partial charge in [0.05, 0.1) is 25.5 Å². The number of aryl methyl sites for hydroxylation is 1. The third-order valence-electron chi connectivity index (χ3n) is 2.34. The van der Waals surface area contributed by atoms with Crippen LogP contribution in [0.1, 0.15) is 5.56 Å². The molecule has 0 spiro atoms. The van der Waals surface area contributed by atoms with E-state index in [4.69, 9.17) is 4.74 Å². The van der Waals surface area contributed by atoms with Crippen molar-refractivity contribution in [3.05, 3.63) is 18.0 Å². The van der Waals surface area contributed by atoms with Crippen LogP contribution in [0.15, 0.2) is 12.4 Å². The number of aromatic nitrogens is 2. The molecule has 0 aliphatic carbocycles. The van der Waals surface area contributed by atoms with Crippen molar-refractivity contribution >= 4 is 0 Å². The molecule has 2 rings (SSSR count). The van der Waals surface area contributed by atoms with E-state index in [1.807, 2.05) is 13.2 Å². The average molecular weight is 199 g/mol. The van der Waals surface area contributed by atoms with Gasteiger partial charge in [-0.1, -0.05) is 0 Å². The first-order valence-corrected chi connectivity index (χ1v) is 4.68. The van der Waals surface area contributed by atoms with E-state index in [1.165, 1.54) is 0 Å². The number of ether oxygens (including phenoxy) is 1. The summed E-state index contributed by atoms with van der Waals surface area (Å²) in [6.45, 7) is 1.31. The van der Waals surface area contributed by atoms with Crippen molar-refractivity contribution < 1.29 is 9.13 Å². The zero-order valence-corrected chi connectivity index (χ0v) is 8.11. The molecule has 0 saturated carbocycles. The van der Waals surface area contributed by atoms with Crippen LogP contribution < -0.4 is 5.32 Å². The predicted molar refractivity (Wildman–Crippen MR) is 49.6 cm³/mol. The summed E-state index contributed by atoms with van der Waals surface area (Å²) in [6.07, 6.45) is 2.80. The number of hydrogen-bond acceptors (Lipinski definition) is 3. The first-order chi connectivity index (χ1) is 6.75. The zero-order chi connectivity index (χ0) is 9.97. The maximum Gasteiger partial charge on any atom is 0.141 e. The van der Waals surface area contributed by atoms with Crippen LogP contribution in [-0.4, -0.2) is 35.2 Å². The molecule has 1 saturated heterocycles. The lowest BCUT2D eigenvalue weighted by atomic mass is 10.2. The molecule has 2 atom stereocenters. The Bertz CT molecular complexity index is 302. The van der Waals surface area contributed by atoms with Crippen molar-refractivity contribution in [2.45, 2.75) is 18.8 Å². The molecule has 78 valence electrons. The molecule has 1 N–H and O–H groups in total. The average Bonchev–Trinajstić information content (AvgIpc) is 2.72. The second-order valence-electron chi connectivity index (χ2n) is 3.56. The summed E-state index contributed by atoms with van der Waals surface area (Å²) >= 11 is 0. The Morgan fingerprint density at radius 2 is 2.57 bits per heavy atom. The van der Waals surface area contributed by atoms with Crippen LogP contribution in [-0.2, 0) is 18.3 Å². The molecule has 1 aliphatic rings. The highest BCUT2D eigenvalue weighted by atomic mass is 19.1. The monoisotopic (exact) mass is 199 g/mol. The van der Waals surface area contributed by atoms with Gasteiger partial charge in [-0.3, -0.25) is 4.68 Å². The highest BCUT2D eigenvalue weighted by Crippen LogP contribution is 2.09. The summed E-state index contributed by atoms with van der Waals surface area (Å²) in [7, 11) is 1.86. The largest absolute Gasteiger partial charge is 0.377 e. The molecule has 5 heteroatoms. The highest BCUT2D eigenvalue weighted by molar-refractivity contribution is 5.03. The van der Waals surface area contributed by atoms with Crippen molar-refractivity contribution in [3.63, 3.8) is 0 Å². The standard InChI is InChI=1S/C9H14FN3O/c1-13-4-7(3-12-13)2-11-9-6-14-5-8(9)10/h3-4,8-9,11H,2,5-6H2,1H3. The Hall–Kier alpha value is -0.940. The summed E-state index contributed by atoms with van der Waals surface area (Å²) in [6, 6.07) is -0.171. The fourth-order valence-corrected chi connectivity index (χ4v) is 1.53. The van der Waals surface area contributed by atoms with Gasteiger partial charge in [-0.2, -0.15) is 5.10 Å². The van der Waals surface area contributed by atoms with Gasteiger partial charge in [0, 0.05) is 25.4 Å². The molecule has 1 aromatic rings. The van der Waals surface area contributed by atoms with Crippen LogP contribution >= 0.6 is 0 Å². The van der Waals surface area contributed by atoms with E-state index in [0.717, 1.165) is 5.56 Å². The Kier molecular flexibility index (Phi) is 2.79. The van der Waals surface area contributed by atoms with Crippen molar-refractivity contribution in [2.75, 3.05) is 13.2 Å². The van der Waals surface area contributed by atoms with Crippen molar-refractivity contribution in [3.8, 4) is 0 Å². The van der Waals surface area contributed by atoms with E-state index in [2.05, 4.69) is 10.4 Å². The summed E-state index contributed by atoms with van der Waals surface area (Å²) < 4.78 is 19.8. The Balaban J connectivity index is 1.82. The molecular formula is C9H14FN3O. The number of rotatable bonds is 3. The van der Waals surface area contributed by atoms with Gasteiger partial charge >= 0.3 is 0 Å². The fraction of sp³-hybridized carbons (Fsp3) is 0.667. The molecule has 0 radical (unpaired) electrons. The molecule has 1 fully saturated rings. The van der Waals surface area contributed by atoms with E-state index in [9.17, 15) is 4.39 Å². The third-order valence-corrected chi connectivity index (χ3v) is 2.34. The fourth-order valence-electron chi connectivity index (χ4n) is 1.53. The van der Waals surface area contributed by atoms with Crippen molar-refractivity contribution in [2.24, 2.45) is 7.05 Å². The van der Waals surface area contributed by atoms with E-state index in [0.29, 0.717) is 13.2 Å². The number of halogens is 1. The van der Waals surface area contributed by atoms with Crippen LogP contribution in [0.5, 0.6) is 0 Å². The first-order valence-electron chi connectivity index (χ1n) is 4.68. The summed E-state index contributed by atoms with van der Waals surface area (Å²) in [5.74, 6) is 0. The van der Waals surface area contributed by atoms with Gasteiger partial charge in [0.25, 0.3) is 0 Å². The minimum absolute atomic E-state index is 0.171. The molecule has 2 unspecified atom stereocenters. The lowest BCUT2D eigenvalue weighted by Gasteiger charge is -2.11. The molecular weight excluding hydrogens is 185 g/mol. The molecule has 0 aromatic carbocycles. The lowest BCUT2D eigenvalue weighted by Crippen LogP contribution is -2.36. The van der Waals surface area contributed by atoms with Crippen molar-refractivity contribution in [1.29, 1.82) is 0 Å². The molecule has 4 nitrogen and oxygen atoms in total. The van der Waals surface area contributed by atoms with Crippen LogP contribution in [0.3, 0.4) is 0 Å². The summed E-state index contributed by atoms with van der Waals surface area (Å²) in [4.78, 5) is 0. The number of nitrogens with zero attached hydrogens (tertiary/aromatic N) is 2.